The highest BCUT2D eigenvalue weighted by Crippen LogP contribution is 2.42. The first-order valence-electron chi connectivity index (χ1n) is 8.70. The molecular formula is C20H23ClN2O2. The maximum Gasteiger partial charge on any atom is 0.235 e. The van der Waals surface area contributed by atoms with E-state index in [2.05, 4.69) is 10.3 Å². The van der Waals surface area contributed by atoms with Crippen molar-refractivity contribution in [3.05, 3.63) is 53.2 Å². The molecule has 1 aliphatic rings. The van der Waals surface area contributed by atoms with Crippen LogP contribution in [-0.4, -0.2) is 17.0 Å². The molecule has 0 bridgehead atoms. The first kappa shape index (κ1) is 17.7. The minimum atomic E-state index is -0.488. The second kappa shape index (κ2) is 7.44. The molecule has 0 spiro atoms. The lowest BCUT2D eigenvalue weighted by atomic mass is 9.78. The topological polar surface area (TPSA) is 51.2 Å². The Labute approximate surface area is 153 Å². The van der Waals surface area contributed by atoms with Gasteiger partial charge in [0.05, 0.1) is 23.4 Å². The first-order chi connectivity index (χ1) is 12.0. The van der Waals surface area contributed by atoms with E-state index in [0.717, 1.165) is 31.2 Å². The third-order valence-electron chi connectivity index (χ3n) is 4.64. The first-order valence-corrected chi connectivity index (χ1v) is 9.08. The van der Waals surface area contributed by atoms with Crippen molar-refractivity contribution >= 4 is 23.2 Å². The van der Waals surface area contributed by atoms with E-state index >= 15 is 0 Å². The van der Waals surface area contributed by atoms with Gasteiger partial charge in [0.1, 0.15) is 0 Å². The van der Waals surface area contributed by atoms with Crippen LogP contribution in [0.25, 0.3) is 0 Å². The molecule has 1 fully saturated rings. The summed E-state index contributed by atoms with van der Waals surface area (Å²) in [5.41, 5.74) is 1.22. The zero-order valence-electron chi connectivity index (χ0n) is 14.6. The molecule has 0 saturated heterocycles. The zero-order chi connectivity index (χ0) is 17.9. The number of benzene rings is 1. The van der Waals surface area contributed by atoms with Crippen LogP contribution in [0.15, 0.2) is 42.6 Å². The molecular weight excluding hydrogens is 336 g/mol. The number of aromatic nitrogens is 1. The minimum absolute atomic E-state index is 0.0200. The van der Waals surface area contributed by atoms with Gasteiger partial charge in [-0.2, -0.15) is 0 Å². The van der Waals surface area contributed by atoms with Gasteiger partial charge in [0.2, 0.25) is 11.8 Å². The van der Waals surface area contributed by atoms with E-state index in [1.54, 1.807) is 12.3 Å². The molecule has 4 nitrogen and oxygen atoms in total. The van der Waals surface area contributed by atoms with Gasteiger partial charge >= 0.3 is 0 Å². The highest BCUT2D eigenvalue weighted by atomic mass is 35.5. The molecule has 1 heterocycles. The lowest BCUT2D eigenvalue weighted by Gasteiger charge is -2.28. The Morgan fingerprint density at radius 2 is 1.84 bits per heavy atom. The molecule has 0 unspecified atom stereocenters. The van der Waals surface area contributed by atoms with E-state index in [4.69, 9.17) is 16.3 Å². The number of carbonyl (C=O) groups excluding carboxylic acids is 1. The number of nitrogens with one attached hydrogen (secondary N) is 1. The number of amides is 1. The molecule has 0 radical (unpaired) electrons. The van der Waals surface area contributed by atoms with E-state index < -0.39 is 5.41 Å². The molecule has 5 heteroatoms. The molecule has 0 atom stereocenters. The summed E-state index contributed by atoms with van der Waals surface area (Å²) in [6.45, 7) is 3.90. The quantitative estimate of drug-likeness (QED) is 0.820. The van der Waals surface area contributed by atoms with Gasteiger partial charge < -0.3 is 10.1 Å². The van der Waals surface area contributed by atoms with Gasteiger partial charge in [-0.1, -0.05) is 36.6 Å². The maximum absolute atomic E-state index is 13.1. The van der Waals surface area contributed by atoms with Gasteiger partial charge in [-0.3, -0.25) is 4.79 Å². The summed E-state index contributed by atoms with van der Waals surface area (Å²) in [4.78, 5) is 17.3. The van der Waals surface area contributed by atoms with Gasteiger partial charge in [0.25, 0.3) is 0 Å². The number of hydrogen-bond acceptors (Lipinski definition) is 3. The van der Waals surface area contributed by atoms with Crippen LogP contribution in [0.3, 0.4) is 0 Å². The zero-order valence-corrected chi connectivity index (χ0v) is 15.3. The van der Waals surface area contributed by atoms with Crippen molar-refractivity contribution in [3.63, 3.8) is 0 Å². The fourth-order valence-electron chi connectivity index (χ4n) is 3.41. The lowest BCUT2D eigenvalue weighted by molar-refractivity contribution is -0.121. The molecule has 1 aliphatic carbocycles. The standard InChI is InChI=1S/C20H23ClN2O2/c1-14(2)25-18-10-9-17(13-22-18)23-19(24)20(11-3-4-12-20)15-5-7-16(21)8-6-15/h5-10,13-14H,3-4,11-12H2,1-2H3,(H,23,24). The van der Waals surface area contributed by atoms with Gasteiger partial charge in [0, 0.05) is 11.1 Å². The number of halogens is 1. The summed E-state index contributed by atoms with van der Waals surface area (Å²) < 4.78 is 5.54. The third kappa shape index (κ3) is 3.96. The predicted octanol–water partition coefficient (Wildman–Crippen LogP) is 4.97. The van der Waals surface area contributed by atoms with Crippen LogP contribution in [0, 0.1) is 0 Å². The van der Waals surface area contributed by atoms with Crippen molar-refractivity contribution in [1.82, 2.24) is 4.98 Å². The normalized spacial score (nSPS) is 16.0. The molecule has 3 rings (SSSR count). The van der Waals surface area contributed by atoms with E-state index in [9.17, 15) is 4.79 Å². The second-order valence-corrected chi connectivity index (χ2v) is 7.24. The van der Waals surface area contributed by atoms with Crippen LogP contribution in [-0.2, 0) is 10.2 Å². The Balaban J connectivity index is 1.78. The van der Waals surface area contributed by atoms with Crippen LogP contribution >= 0.6 is 11.6 Å². The third-order valence-corrected chi connectivity index (χ3v) is 4.89. The molecule has 1 N–H and O–H groups in total. The molecule has 2 aromatic rings. The SMILES string of the molecule is CC(C)Oc1ccc(NC(=O)C2(c3ccc(Cl)cc3)CCCC2)cn1. The number of pyridine rings is 1. The minimum Gasteiger partial charge on any atom is -0.475 e. The smallest absolute Gasteiger partial charge is 0.235 e. The van der Waals surface area contributed by atoms with Gasteiger partial charge in [-0.25, -0.2) is 4.98 Å². The maximum atomic E-state index is 13.1. The van der Waals surface area contributed by atoms with Crippen LogP contribution in [0.2, 0.25) is 5.02 Å². The van der Waals surface area contributed by atoms with Crippen molar-refractivity contribution in [2.24, 2.45) is 0 Å². The van der Waals surface area contributed by atoms with Crippen LogP contribution in [0.5, 0.6) is 5.88 Å². The summed E-state index contributed by atoms with van der Waals surface area (Å²) in [6, 6.07) is 11.2. The van der Waals surface area contributed by atoms with Crippen molar-refractivity contribution < 1.29 is 9.53 Å². The number of anilines is 1. The Bertz CT molecular complexity index is 720. The van der Waals surface area contributed by atoms with Crippen LogP contribution in [0.1, 0.15) is 45.1 Å². The molecule has 1 aromatic heterocycles. The highest BCUT2D eigenvalue weighted by Gasteiger charge is 2.42. The van der Waals surface area contributed by atoms with Crippen molar-refractivity contribution in [2.45, 2.75) is 51.0 Å². The monoisotopic (exact) mass is 358 g/mol. The molecule has 132 valence electrons. The van der Waals surface area contributed by atoms with Gasteiger partial charge in [-0.15, -0.1) is 0 Å². The summed E-state index contributed by atoms with van der Waals surface area (Å²) >= 11 is 6.00. The molecule has 25 heavy (non-hydrogen) atoms. The predicted molar refractivity (Wildman–Crippen MR) is 100 cm³/mol. The average molecular weight is 359 g/mol. The summed E-state index contributed by atoms with van der Waals surface area (Å²) in [7, 11) is 0. The number of nitrogens with zero attached hydrogens (tertiary/aromatic N) is 1. The Hall–Kier alpha value is -2.07. The largest absolute Gasteiger partial charge is 0.475 e. The molecule has 1 saturated carbocycles. The number of ether oxygens (including phenoxy) is 1. The van der Waals surface area contributed by atoms with E-state index in [1.165, 1.54) is 0 Å². The Morgan fingerprint density at radius 1 is 1.16 bits per heavy atom. The van der Waals surface area contributed by atoms with Crippen LogP contribution in [0.4, 0.5) is 5.69 Å². The summed E-state index contributed by atoms with van der Waals surface area (Å²) in [5, 5.41) is 3.71. The lowest BCUT2D eigenvalue weighted by Crippen LogP contribution is -2.38. The second-order valence-electron chi connectivity index (χ2n) is 6.80. The van der Waals surface area contributed by atoms with E-state index in [1.807, 2.05) is 44.2 Å². The van der Waals surface area contributed by atoms with Crippen molar-refractivity contribution in [1.29, 1.82) is 0 Å². The summed E-state index contributed by atoms with van der Waals surface area (Å²) in [6.07, 6.45) is 5.51. The number of carbonyl (C=O) groups is 1. The number of hydrogen-bond donors (Lipinski definition) is 1. The molecule has 1 amide bonds. The number of rotatable bonds is 5. The van der Waals surface area contributed by atoms with Gasteiger partial charge in [-0.05, 0) is 50.5 Å². The van der Waals surface area contributed by atoms with Crippen LogP contribution < -0.4 is 10.1 Å². The summed E-state index contributed by atoms with van der Waals surface area (Å²) in [5.74, 6) is 0.577. The highest BCUT2D eigenvalue weighted by molar-refractivity contribution is 6.30. The van der Waals surface area contributed by atoms with Crippen molar-refractivity contribution in [2.75, 3.05) is 5.32 Å². The fourth-order valence-corrected chi connectivity index (χ4v) is 3.54. The molecule has 0 aliphatic heterocycles. The van der Waals surface area contributed by atoms with E-state index in [-0.39, 0.29) is 12.0 Å². The average Bonchev–Trinajstić information content (AvgIpc) is 3.08. The molecule has 1 aromatic carbocycles. The van der Waals surface area contributed by atoms with Crippen molar-refractivity contribution in [3.8, 4) is 5.88 Å². The fraction of sp³-hybridized carbons (Fsp3) is 0.400. The van der Waals surface area contributed by atoms with E-state index in [0.29, 0.717) is 16.6 Å². The van der Waals surface area contributed by atoms with Gasteiger partial charge in [0.15, 0.2) is 0 Å². The Morgan fingerprint density at radius 3 is 2.40 bits per heavy atom. The Kier molecular flexibility index (Phi) is 5.28.